The van der Waals surface area contributed by atoms with E-state index in [1.807, 2.05) is 0 Å². The lowest BCUT2D eigenvalue weighted by molar-refractivity contribution is -0.142. The van der Waals surface area contributed by atoms with Gasteiger partial charge in [0, 0.05) is 19.4 Å². The Morgan fingerprint density at radius 2 is 0.872 bits per heavy atom. The predicted molar refractivity (Wildman–Crippen MR) is 164 cm³/mol. The summed E-state index contributed by atoms with van der Waals surface area (Å²) in [6.45, 7) is 4.94. The maximum atomic E-state index is 12.2. The summed E-state index contributed by atoms with van der Waals surface area (Å²) < 4.78 is 0. The number of carboxylic acid groups (broad SMARTS) is 1. The predicted octanol–water partition coefficient (Wildman–Crippen LogP) is 8.85. The molecule has 3 N–H and O–H groups in total. The first-order chi connectivity index (χ1) is 19.0. The Kier molecular flexibility index (Phi) is 28.2. The van der Waals surface area contributed by atoms with Crippen molar-refractivity contribution in [3.05, 3.63) is 0 Å². The zero-order valence-electron chi connectivity index (χ0n) is 25.8. The lowest BCUT2D eigenvalue weighted by atomic mass is 10.0. The third-order valence-corrected chi connectivity index (χ3v) is 7.64. The van der Waals surface area contributed by atoms with E-state index in [2.05, 4.69) is 24.5 Å². The average Bonchev–Trinajstić information content (AvgIpc) is 2.91. The van der Waals surface area contributed by atoms with Crippen molar-refractivity contribution in [2.24, 2.45) is 0 Å². The molecule has 6 heteroatoms. The minimum Gasteiger partial charge on any atom is -0.480 e. The van der Waals surface area contributed by atoms with Gasteiger partial charge in [-0.15, -0.1) is 0 Å². The summed E-state index contributed by atoms with van der Waals surface area (Å²) in [4.78, 5) is 35.8. The van der Waals surface area contributed by atoms with E-state index in [9.17, 15) is 19.5 Å². The second-order valence-corrected chi connectivity index (χ2v) is 11.5. The van der Waals surface area contributed by atoms with Gasteiger partial charge in [0.1, 0.15) is 6.04 Å². The summed E-state index contributed by atoms with van der Waals surface area (Å²) in [5.41, 5.74) is 0. The number of carbonyl (C=O) groups excluding carboxylic acids is 2. The zero-order chi connectivity index (χ0) is 28.8. The Morgan fingerprint density at radius 3 is 1.26 bits per heavy atom. The van der Waals surface area contributed by atoms with E-state index in [0.717, 1.165) is 32.1 Å². The molecule has 2 amide bonds. The minimum absolute atomic E-state index is 0.0401. The summed E-state index contributed by atoms with van der Waals surface area (Å²) in [6, 6.07) is -0.881. The molecule has 0 radical (unpaired) electrons. The maximum absolute atomic E-state index is 12.2. The molecule has 0 fully saturated rings. The minimum atomic E-state index is -1.01. The number of rotatable bonds is 30. The standard InChI is InChI=1S/C33H64N2O4/c1-3-5-7-9-11-13-15-17-19-21-23-27-31(36)34-29-25-26-30(33(38)39)35-32(37)28-24-22-20-18-16-14-12-10-8-6-4-2/h30H,3-29H2,1-2H3,(H,34,36)(H,35,37)(H,38,39)/t30-/m0/s1. The number of hydrogen-bond donors (Lipinski definition) is 3. The Labute approximate surface area is 241 Å². The highest BCUT2D eigenvalue weighted by Gasteiger charge is 2.19. The first kappa shape index (κ1) is 37.4. The molecule has 0 heterocycles. The van der Waals surface area contributed by atoms with Crippen LogP contribution in [0, 0.1) is 0 Å². The van der Waals surface area contributed by atoms with Crippen LogP contribution < -0.4 is 10.6 Å². The molecule has 39 heavy (non-hydrogen) atoms. The van der Waals surface area contributed by atoms with Crippen molar-refractivity contribution in [2.45, 2.75) is 187 Å². The van der Waals surface area contributed by atoms with Crippen molar-refractivity contribution in [1.29, 1.82) is 0 Å². The number of unbranched alkanes of at least 4 members (excludes halogenated alkanes) is 20. The number of nitrogens with one attached hydrogen (secondary N) is 2. The van der Waals surface area contributed by atoms with Crippen LogP contribution in [0.25, 0.3) is 0 Å². The fraction of sp³-hybridized carbons (Fsp3) is 0.909. The molecule has 230 valence electrons. The lowest BCUT2D eigenvalue weighted by Crippen LogP contribution is -2.41. The third-order valence-electron chi connectivity index (χ3n) is 7.64. The second-order valence-electron chi connectivity index (χ2n) is 11.5. The Bertz CT molecular complexity index is 582. The third kappa shape index (κ3) is 27.8. The van der Waals surface area contributed by atoms with Crippen molar-refractivity contribution in [1.82, 2.24) is 10.6 Å². The summed E-state index contributed by atoms with van der Waals surface area (Å²) in [5, 5.41) is 15.0. The molecule has 1 atom stereocenters. The zero-order valence-corrected chi connectivity index (χ0v) is 25.8. The molecule has 0 unspecified atom stereocenters. The summed E-state index contributed by atoms with van der Waals surface area (Å²) in [5.74, 6) is -1.15. The van der Waals surface area contributed by atoms with Crippen LogP contribution in [0.3, 0.4) is 0 Å². The Balaban J connectivity index is 3.67. The van der Waals surface area contributed by atoms with Crippen LogP contribution >= 0.6 is 0 Å². The molecule has 0 aliphatic heterocycles. The van der Waals surface area contributed by atoms with Crippen LogP contribution in [0.2, 0.25) is 0 Å². The Morgan fingerprint density at radius 1 is 0.513 bits per heavy atom. The smallest absolute Gasteiger partial charge is 0.326 e. The highest BCUT2D eigenvalue weighted by molar-refractivity contribution is 5.83. The summed E-state index contributed by atoms with van der Waals surface area (Å²) in [7, 11) is 0. The second kappa shape index (κ2) is 29.4. The quantitative estimate of drug-likeness (QED) is 0.0775. The molecule has 0 aromatic carbocycles. The van der Waals surface area contributed by atoms with Crippen LogP contribution in [0.5, 0.6) is 0 Å². The van der Waals surface area contributed by atoms with Gasteiger partial charge < -0.3 is 15.7 Å². The van der Waals surface area contributed by atoms with Crippen LogP contribution in [0.15, 0.2) is 0 Å². The van der Waals surface area contributed by atoms with Crippen molar-refractivity contribution in [3.63, 3.8) is 0 Å². The molecule has 6 nitrogen and oxygen atoms in total. The van der Waals surface area contributed by atoms with Gasteiger partial charge in [-0.05, 0) is 25.7 Å². The van der Waals surface area contributed by atoms with E-state index in [4.69, 9.17) is 0 Å². The first-order valence-electron chi connectivity index (χ1n) is 16.8. The lowest BCUT2D eigenvalue weighted by Gasteiger charge is -2.15. The average molecular weight is 553 g/mol. The molecule has 0 rings (SSSR count). The molecule has 0 aliphatic carbocycles. The van der Waals surface area contributed by atoms with Gasteiger partial charge in [0.05, 0.1) is 0 Å². The SMILES string of the molecule is CCCCCCCCCCCCCC(=O)NCCC[C@H](NC(=O)CCCCCCCCCCCCC)C(=O)O. The van der Waals surface area contributed by atoms with Crippen LogP contribution in [-0.4, -0.2) is 35.5 Å². The number of aliphatic carboxylic acids is 1. The maximum Gasteiger partial charge on any atom is 0.326 e. The largest absolute Gasteiger partial charge is 0.480 e. The molecule has 0 aromatic rings. The van der Waals surface area contributed by atoms with Gasteiger partial charge in [0.2, 0.25) is 11.8 Å². The topological polar surface area (TPSA) is 95.5 Å². The van der Waals surface area contributed by atoms with E-state index in [-0.39, 0.29) is 11.8 Å². The summed E-state index contributed by atoms with van der Waals surface area (Å²) >= 11 is 0. The van der Waals surface area contributed by atoms with Gasteiger partial charge in [0.25, 0.3) is 0 Å². The van der Waals surface area contributed by atoms with Crippen LogP contribution in [0.4, 0.5) is 0 Å². The van der Waals surface area contributed by atoms with Crippen LogP contribution in [-0.2, 0) is 14.4 Å². The van der Waals surface area contributed by atoms with Gasteiger partial charge in [-0.25, -0.2) is 4.79 Å². The molecule has 0 aliphatic rings. The number of carboxylic acids is 1. The van der Waals surface area contributed by atoms with Gasteiger partial charge in [-0.1, -0.05) is 142 Å². The van der Waals surface area contributed by atoms with Crippen molar-refractivity contribution < 1.29 is 19.5 Å². The first-order valence-corrected chi connectivity index (χ1v) is 16.8. The van der Waals surface area contributed by atoms with E-state index < -0.39 is 12.0 Å². The highest BCUT2D eigenvalue weighted by Crippen LogP contribution is 2.13. The molecular weight excluding hydrogens is 488 g/mol. The van der Waals surface area contributed by atoms with E-state index >= 15 is 0 Å². The van der Waals surface area contributed by atoms with Crippen LogP contribution in [0.1, 0.15) is 181 Å². The highest BCUT2D eigenvalue weighted by atomic mass is 16.4. The van der Waals surface area contributed by atoms with E-state index in [0.29, 0.717) is 32.2 Å². The van der Waals surface area contributed by atoms with Gasteiger partial charge in [-0.2, -0.15) is 0 Å². The number of hydrogen-bond acceptors (Lipinski definition) is 3. The Hall–Kier alpha value is -1.59. The van der Waals surface area contributed by atoms with E-state index in [1.165, 1.54) is 109 Å². The number of carbonyl (C=O) groups is 3. The number of amides is 2. The van der Waals surface area contributed by atoms with Crippen molar-refractivity contribution in [3.8, 4) is 0 Å². The van der Waals surface area contributed by atoms with Crippen molar-refractivity contribution in [2.75, 3.05) is 6.54 Å². The summed E-state index contributed by atoms with van der Waals surface area (Å²) in [6.07, 6.45) is 29.1. The van der Waals surface area contributed by atoms with Gasteiger partial charge in [0.15, 0.2) is 0 Å². The molecule has 0 saturated carbocycles. The van der Waals surface area contributed by atoms with Gasteiger partial charge in [-0.3, -0.25) is 9.59 Å². The fourth-order valence-corrected chi connectivity index (χ4v) is 5.05. The molecule has 0 bridgehead atoms. The fourth-order valence-electron chi connectivity index (χ4n) is 5.05. The molecule has 0 spiro atoms. The molecular formula is C33H64N2O4. The molecule has 0 saturated heterocycles. The van der Waals surface area contributed by atoms with E-state index in [1.54, 1.807) is 0 Å². The normalized spacial score (nSPS) is 11.8. The van der Waals surface area contributed by atoms with Gasteiger partial charge >= 0.3 is 5.97 Å². The molecule has 0 aromatic heterocycles. The van der Waals surface area contributed by atoms with Crippen molar-refractivity contribution >= 4 is 17.8 Å². The monoisotopic (exact) mass is 552 g/mol.